The third-order valence-corrected chi connectivity index (χ3v) is 4.44. The van der Waals surface area contributed by atoms with Gasteiger partial charge in [0.15, 0.2) is 18.0 Å². The Kier molecular flexibility index (Phi) is 9.36. The maximum absolute atomic E-state index is 12.4. The number of carbonyl (C=O) groups excluding carboxylic acids is 1. The van der Waals surface area contributed by atoms with Crippen molar-refractivity contribution in [2.45, 2.75) is 57.9 Å². The molecule has 0 N–H and O–H groups in total. The van der Waals surface area contributed by atoms with Crippen molar-refractivity contribution in [3.8, 4) is 5.75 Å². The fourth-order valence-corrected chi connectivity index (χ4v) is 2.74. The minimum absolute atomic E-state index is 0.305. The van der Waals surface area contributed by atoms with E-state index in [2.05, 4.69) is 6.58 Å². The van der Waals surface area contributed by atoms with Crippen LogP contribution in [0.3, 0.4) is 0 Å². The van der Waals surface area contributed by atoms with Crippen LogP contribution in [-0.2, 0) is 35.1 Å². The molecule has 0 spiro atoms. The zero-order valence-corrected chi connectivity index (χ0v) is 18.2. The summed E-state index contributed by atoms with van der Waals surface area (Å²) in [6.45, 7) is 10.0. The van der Waals surface area contributed by atoms with Gasteiger partial charge >= 0.3 is 5.97 Å². The first-order chi connectivity index (χ1) is 14.3. The molecule has 0 aromatic heterocycles. The average Bonchev–Trinajstić information content (AvgIpc) is 3.10. The number of esters is 1. The molecule has 1 aromatic carbocycles. The van der Waals surface area contributed by atoms with Gasteiger partial charge in [-0.2, -0.15) is 0 Å². The molecule has 2 rings (SSSR count). The van der Waals surface area contributed by atoms with Crippen LogP contribution in [0.1, 0.15) is 32.8 Å². The summed E-state index contributed by atoms with van der Waals surface area (Å²) >= 11 is 0. The lowest BCUT2D eigenvalue weighted by atomic mass is 10.2. The van der Waals surface area contributed by atoms with Gasteiger partial charge in [0, 0.05) is 0 Å². The summed E-state index contributed by atoms with van der Waals surface area (Å²) in [5.74, 6) is -0.428. The standard InChI is InChI=1S/C23H32O7/c1-6-7-13-27-17(2)22(24)29-20(21-16-28-23(3,4)30-21)12-14-26-15-18-8-10-19(25-5)11-9-18/h6,8-12,14,17,20-21H,1,7,13,15-16H2,2-5H3/b14-12+/t17-,20+,21+/m0/s1. The van der Waals surface area contributed by atoms with Crippen LogP contribution in [0, 0.1) is 0 Å². The molecule has 1 heterocycles. The van der Waals surface area contributed by atoms with E-state index in [4.69, 9.17) is 28.4 Å². The van der Waals surface area contributed by atoms with Gasteiger partial charge in [-0.25, -0.2) is 4.79 Å². The zero-order chi connectivity index (χ0) is 22.0. The molecule has 1 saturated heterocycles. The Morgan fingerprint density at radius 1 is 1.33 bits per heavy atom. The zero-order valence-electron chi connectivity index (χ0n) is 18.2. The van der Waals surface area contributed by atoms with E-state index in [1.807, 2.05) is 38.1 Å². The maximum Gasteiger partial charge on any atom is 0.335 e. The van der Waals surface area contributed by atoms with Crippen molar-refractivity contribution in [3.63, 3.8) is 0 Å². The summed E-state index contributed by atoms with van der Waals surface area (Å²) in [6, 6.07) is 7.57. The number of rotatable bonds is 12. The fourth-order valence-electron chi connectivity index (χ4n) is 2.74. The Balaban J connectivity index is 1.94. The van der Waals surface area contributed by atoms with Crippen molar-refractivity contribution in [2.24, 2.45) is 0 Å². The van der Waals surface area contributed by atoms with Crippen LogP contribution < -0.4 is 4.74 Å². The summed E-state index contributed by atoms with van der Waals surface area (Å²) in [7, 11) is 1.62. The summed E-state index contributed by atoms with van der Waals surface area (Å²) < 4.78 is 33.3. The van der Waals surface area contributed by atoms with Gasteiger partial charge in [0.05, 0.1) is 26.6 Å². The topological polar surface area (TPSA) is 72.5 Å². The van der Waals surface area contributed by atoms with Crippen molar-refractivity contribution < 1.29 is 33.2 Å². The Labute approximate surface area is 178 Å². The van der Waals surface area contributed by atoms with Gasteiger partial charge in [-0.05, 0) is 51.0 Å². The molecule has 0 saturated carbocycles. The first-order valence-corrected chi connectivity index (χ1v) is 10.0. The van der Waals surface area contributed by atoms with Crippen molar-refractivity contribution in [3.05, 3.63) is 54.8 Å². The van der Waals surface area contributed by atoms with Gasteiger partial charge in [0.1, 0.15) is 18.5 Å². The van der Waals surface area contributed by atoms with Gasteiger partial charge in [-0.15, -0.1) is 6.58 Å². The molecule has 1 aliphatic rings. The van der Waals surface area contributed by atoms with Crippen molar-refractivity contribution in [2.75, 3.05) is 20.3 Å². The van der Waals surface area contributed by atoms with Crippen molar-refractivity contribution in [1.82, 2.24) is 0 Å². The number of carbonyl (C=O) groups is 1. The highest BCUT2D eigenvalue weighted by Crippen LogP contribution is 2.26. The highest BCUT2D eigenvalue weighted by Gasteiger charge is 2.38. The van der Waals surface area contributed by atoms with Gasteiger partial charge in [-0.1, -0.05) is 18.2 Å². The molecule has 3 atom stereocenters. The Morgan fingerprint density at radius 3 is 2.67 bits per heavy atom. The molecular formula is C23H32O7. The number of ether oxygens (including phenoxy) is 6. The first kappa shape index (κ1) is 23.9. The van der Waals surface area contributed by atoms with E-state index in [9.17, 15) is 4.79 Å². The molecule has 1 fully saturated rings. The second-order valence-electron chi connectivity index (χ2n) is 7.35. The fraction of sp³-hybridized carbons (Fsp3) is 0.522. The van der Waals surface area contributed by atoms with Crippen LogP contribution in [0.15, 0.2) is 49.3 Å². The minimum Gasteiger partial charge on any atom is -0.497 e. The minimum atomic E-state index is -0.737. The third kappa shape index (κ3) is 7.82. The number of methoxy groups -OCH3 is 1. The highest BCUT2D eigenvalue weighted by molar-refractivity contribution is 5.74. The van der Waals surface area contributed by atoms with E-state index in [0.29, 0.717) is 26.2 Å². The summed E-state index contributed by atoms with van der Waals surface area (Å²) in [5.41, 5.74) is 0.986. The van der Waals surface area contributed by atoms with Crippen LogP contribution in [0.4, 0.5) is 0 Å². The van der Waals surface area contributed by atoms with E-state index < -0.39 is 30.1 Å². The monoisotopic (exact) mass is 420 g/mol. The average molecular weight is 421 g/mol. The molecule has 7 nitrogen and oxygen atoms in total. The summed E-state index contributed by atoms with van der Waals surface area (Å²) in [5, 5.41) is 0. The predicted molar refractivity (Wildman–Crippen MR) is 112 cm³/mol. The lowest BCUT2D eigenvalue weighted by molar-refractivity contribution is -0.173. The molecule has 0 unspecified atom stereocenters. The van der Waals surface area contributed by atoms with Crippen LogP contribution in [0.5, 0.6) is 5.75 Å². The van der Waals surface area contributed by atoms with Crippen molar-refractivity contribution >= 4 is 5.97 Å². The normalized spacial score (nSPS) is 19.9. The summed E-state index contributed by atoms with van der Waals surface area (Å²) in [4.78, 5) is 12.4. The molecule has 7 heteroatoms. The highest BCUT2D eigenvalue weighted by atomic mass is 16.8. The molecule has 1 aromatic rings. The van der Waals surface area contributed by atoms with Crippen LogP contribution in [0.25, 0.3) is 0 Å². The second kappa shape index (κ2) is 11.7. The molecule has 0 radical (unpaired) electrons. The van der Waals surface area contributed by atoms with E-state index in [-0.39, 0.29) is 0 Å². The van der Waals surface area contributed by atoms with Crippen LogP contribution in [-0.4, -0.2) is 50.4 Å². The first-order valence-electron chi connectivity index (χ1n) is 10.0. The molecule has 1 aliphatic heterocycles. The molecular weight excluding hydrogens is 388 g/mol. The molecule has 0 bridgehead atoms. The second-order valence-corrected chi connectivity index (χ2v) is 7.35. The van der Waals surface area contributed by atoms with E-state index >= 15 is 0 Å². The van der Waals surface area contributed by atoms with E-state index in [1.165, 1.54) is 6.26 Å². The third-order valence-electron chi connectivity index (χ3n) is 4.44. The molecule has 166 valence electrons. The van der Waals surface area contributed by atoms with Crippen LogP contribution in [0.2, 0.25) is 0 Å². The van der Waals surface area contributed by atoms with Gasteiger partial charge in [0.2, 0.25) is 0 Å². The smallest absolute Gasteiger partial charge is 0.335 e. The Bertz CT molecular complexity index is 696. The quantitative estimate of drug-likeness (QED) is 0.221. The van der Waals surface area contributed by atoms with E-state index in [1.54, 1.807) is 26.2 Å². The van der Waals surface area contributed by atoms with Gasteiger partial charge in [-0.3, -0.25) is 0 Å². The van der Waals surface area contributed by atoms with E-state index in [0.717, 1.165) is 11.3 Å². The maximum atomic E-state index is 12.4. The molecule has 30 heavy (non-hydrogen) atoms. The number of benzene rings is 1. The molecule has 0 amide bonds. The largest absolute Gasteiger partial charge is 0.497 e. The lowest BCUT2D eigenvalue weighted by Gasteiger charge is -2.23. The van der Waals surface area contributed by atoms with Gasteiger partial charge in [0.25, 0.3) is 0 Å². The number of hydrogen-bond donors (Lipinski definition) is 0. The number of hydrogen-bond acceptors (Lipinski definition) is 7. The Hall–Kier alpha value is -2.35. The van der Waals surface area contributed by atoms with Gasteiger partial charge < -0.3 is 28.4 Å². The lowest BCUT2D eigenvalue weighted by Crippen LogP contribution is -2.36. The predicted octanol–water partition coefficient (Wildman–Crippen LogP) is 3.77. The SMILES string of the molecule is C=CCCO[C@@H](C)C(=O)O[C@H](/C=C/OCc1ccc(OC)cc1)[C@H]1COC(C)(C)O1. The van der Waals surface area contributed by atoms with Crippen LogP contribution >= 0.6 is 0 Å². The Morgan fingerprint density at radius 2 is 2.07 bits per heavy atom. The van der Waals surface area contributed by atoms with Crippen molar-refractivity contribution in [1.29, 1.82) is 0 Å². The summed E-state index contributed by atoms with van der Waals surface area (Å²) in [6.07, 6.45) is 3.76. The molecule has 0 aliphatic carbocycles.